The Morgan fingerprint density at radius 3 is 2.48 bits per heavy atom. The van der Waals surface area contributed by atoms with Gasteiger partial charge >= 0.3 is 0 Å². The Kier molecular flexibility index (Phi) is 5.65. The van der Waals surface area contributed by atoms with Crippen LogP contribution in [0.3, 0.4) is 0 Å². The SMILES string of the molecule is CCCS(=O)(=O)c1ccc(OC2CCCCC2CN)cc1. The van der Waals surface area contributed by atoms with E-state index >= 15 is 0 Å². The van der Waals surface area contributed by atoms with Gasteiger partial charge in [-0.2, -0.15) is 0 Å². The third kappa shape index (κ3) is 4.20. The van der Waals surface area contributed by atoms with Gasteiger partial charge in [0, 0.05) is 5.92 Å². The van der Waals surface area contributed by atoms with Crippen LogP contribution in [0.15, 0.2) is 29.2 Å². The standard InChI is InChI=1S/C16H25NO3S/c1-2-11-21(18,19)15-9-7-14(8-10-15)20-16-6-4-3-5-13(16)12-17/h7-10,13,16H,2-6,11-12,17H2,1H3. The molecule has 0 spiro atoms. The van der Waals surface area contributed by atoms with Crippen LogP contribution in [0.2, 0.25) is 0 Å². The van der Waals surface area contributed by atoms with Gasteiger partial charge in [-0.3, -0.25) is 0 Å². The largest absolute Gasteiger partial charge is 0.490 e. The van der Waals surface area contributed by atoms with E-state index in [1.165, 1.54) is 12.8 Å². The molecule has 2 N–H and O–H groups in total. The van der Waals surface area contributed by atoms with Gasteiger partial charge in [0.2, 0.25) is 0 Å². The number of hydrogen-bond donors (Lipinski definition) is 1. The second-order valence-electron chi connectivity index (χ2n) is 5.73. The van der Waals surface area contributed by atoms with Gasteiger partial charge < -0.3 is 10.5 Å². The predicted octanol–water partition coefficient (Wildman–Crippen LogP) is 2.77. The average molecular weight is 311 g/mol. The van der Waals surface area contributed by atoms with Crippen LogP contribution in [0.25, 0.3) is 0 Å². The predicted molar refractivity (Wildman–Crippen MR) is 84.2 cm³/mol. The molecule has 1 aromatic carbocycles. The smallest absolute Gasteiger partial charge is 0.178 e. The fraction of sp³-hybridized carbons (Fsp3) is 0.625. The zero-order valence-electron chi connectivity index (χ0n) is 12.6. The lowest BCUT2D eigenvalue weighted by atomic mass is 9.86. The normalized spacial score (nSPS) is 23.0. The lowest BCUT2D eigenvalue weighted by molar-refractivity contribution is 0.0969. The van der Waals surface area contributed by atoms with Crippen molar-refractivity contribution in [3.63, 3.8) is 0 Å². The Morgan fingerprint density at radius 2 is 1.86 bits per heavy atom. The summed E-state index contributed by atoms with van der Waals surface area (Å²) < 4.78 is 30.0. The van der Waals surface area contributed by atoms with Gasteiger partial charge in [-0.15, -0.1) is 0 Å². The molecule has 5 heteroatoms. The molecule has 2 unspecified atom stereocenters. The van der Waals surface area contributed by atoms with Crippen molar-refractivity contribution >= 4 is 9.84 Å². The molecule has 0 heterocycles. The van der Waals surface area contributed by atoms with E-state index in [-0.39, 0.29) is 11.9 Å². The summed E-state index contributed by atoms with van der Waals surface area (Å²) in [6.45, 7) is 2.51. The van der Waals surface area contributed by atoms with Crippen LogP contribution in [0, 0.1) is 5.92 Å². The molecule has 4 nitrogen and oxygen atoms in total. The number of sulfone groups is 1. The molecule has 2 rings (SSSR count). The summed E-state index contributed by atoms with van der Waals surface area (Å²) >= 11 is 0. The summed E-state index contributed by atoms with van der Waals surface area (Å²) in [4.78, 5) is 0.371. The van der Waals surface area contributed by atoms with Crippen LogP contribution in [-0.2, 0) is 9.84 Å². The van der Waals surface area contributed by atoms with Crippen molar-refractivity contribution in [1.29, 1.82) is 0 Å². The minimum atomic E-state index is -3.15. The molecule has 0 radical (unpaired) electrons. The highest BCUT2D eigenvalue weighted by atomic mass is 32.2. The summed E-state index contributed by atoms with van der Waals surface area (Å²) in [6, 6.07) is 6.79. The van der Waals surface area contributed by atoms with Gasteiger partial charge in [0.1, 0.15) is 11.9 Å². The highest BCUT2D eigenvalue weighted by Crippen LogP contribution is 2.28. The van der Waals surface area contributed by atoms with Crippen LogP contribution in [0.5, 0.6) is 5.75 Å². The van der Waals surface area contributed by atoms with E-state index in [9.17, 15) is 8.42 Å². The van der Waals surface area contributed by atoms with E-state index < -0.39 is 9.84 Å². The highest BCUT2D eigenvalue weighted by molar-refractivity contribution is 7.91. The van der Waals surface area contributed by atoms with E-state index in [4.69, 9.17) is 10.5 Å². The van der Waals surface area contributed by atoms with Crippen molar-refractivity contribution in [3.05, 3.63) is 24.3 Å². The second kappa shape index (κ2) is 7.27. The number of nitrogens with two attached hydrogens (primary N) is 1. The van der Waals surface area contributed by atoms with Gasteiger partial charge in [-0.1, -0.05) is 13.3 Å². The van der Waals surface area contributed by atoms with Crippen LogP contribution >= 0.6 is 0 Å². The first-order chi connectivity index (χ1) is 10.1. The fourth-order valence-electron chi connectivity index (χ4n) is 2.89. The molecule has 0 aromatic heterocycles. The Morgan fingerprint density at radius 1 is 1.19 bits per heavy atom. The maximum absolute atomic E-state index is 12.0. The molecule has 0 bridgehead atoms. The first-order valence-electron chi connectivity index (χ1n) is 7.76. The van der Waals surface area contributed by atoms with Crippen molar-refractivity contribution in [3.8, 4) is 5.75 Å². The first kappa shape index (κ1) is 16.3. The van der Waals surface area contributed by atoms with Crippen molar-refractivity contribution in [2.24, 2.45) is 11.7 Å². The van der Waals surface area contributed by atoms with E-state index in [0.29, 0.717) is 23.8 Å². The molecular weight excluding hydrogens is 286 g/mol. The maximum Gasteiger partial charge on any atom is 0.178 e. The molecule has 118 valence electrons. The molecule has 2 atom stereocenters. The molecule has 1 saturated carbocycles. The maximum atomic E-state index is 12.0. The molecule has 21 heavy (non-hydrogen) atoms. The van der Waals surface area contributed by atoms with Crippen molar-refractivity contribution in [2.45, 2.75) is 50.0 Å². The quantitative estimate of drug-likeness (QED) is 0.877. The first-order valence-corrected chi connectivity index (χ1v) is 9.41. The Balaban J connectivity index is 2.05. The Hall–Kier alpha value is -1.07. The van der Waals surface area contributed by atoms with Gasteiger partial charge in [0.05, 0.1) is 10.6 Å². The summed E-state index contributed by atoms with van der Waals surface area (Å²) in [5.41, 5.74) is 5.80. The number of hydrogen-bond acceptors (Lipinski definition) is 4. The minimum absolute atomic E-state index is 0.154. The molecule has 0 saturated heterocycles. The Labute approximate surface area is 127 Å². The summed E-state index contributed by atoms with van der Waals surface area (Å²) in [6.07, 6.45) is 5.31. The number of rotatable bonds is 6. The van der Waals surface area contributed by atoms with Crippen LogP contribution in [-0.4, -0.2) is 26.8 Å². The molecule has 1 aliphatic rings. The summed E-state index contributed by atoms with van der Waals surface area (Å²) in [5, 5.41) is 0. The number of benzene rings is 1. The molecule has 1 fully saturated rings. The van der Waals surface area contributed by atoms with Crippen molar-refractivity contribution in [1.82, 2.24) is 0 Å². The highest BCUT2D eigenvalue weighted by Gasteiger charge is 2.25. The summed E-state index contributed by atoms with van der Waals surface area (Å²) in [7, 11) is -3.15. The topological polar surface area (TPSA) is 69.4 Å². The lowest BCUT2D eigenvalue weighted by Crippen LogP contribution is -2.35. The molecule has 1 aromatic rings. The number of ether oxygens (including phenoxy) is 1. The molecule has 1 aliphatic carbocycles. The van der Waals surface area contributed by atoms with Gasteiger partial charge in [0.25, 0.3) is 0 Å². The van der Waals surface area contributed by atoms with Crippen LogP contribution in [0.1, 0.15) is 39.0 Å². The zero-order chi connectivity index (χ0) is 15.3. The van der Waals surface area contributed by atoms with Gasteiger partial charge in [0.15, 0.2) is 9.84 Å². The van der Waals surface area contributed by atoms with E-state index in [2.05, 4.69) is 0 Å². The zero-order valence-corrected chi connectivity index (χ0v) is 13.4. The van der Waals surface area contributed by atoms with Gasteiger partial charge in [-0.05, 0) is 56.5 Å². The van der Waals surface area contributed by atoms with E-state index in [0.717, 1.165) is 18.6 Å². The average Bonchev–Trinajstić information content (AvgIpc) is 2.48. The molecule has 0 amide bonds. The molecule has 0 aliphatic heterocycles. The van der Waals surface area contributed by atoms with Crippen molar-refractivity contribution in [2.75, 3.05) is 12.3 Å². The fourth-order valence-corrected chi connectivity index (χ4v) is 4.21. The third-order valence-corrected chi connectivity index (χ3v) is 6.02. The van der Waals surface area contributed by atoms with Crippen LogP contribution in [0.4, 0.5) is 0 Å². The lowest BCUT2D eigenvalue weighted by Gasteiger charge is -2.31. The van der Waals surface area contributed by atoms with Gasteiger partial charge in [-0.25, -0.2) is 8.42 Å². The second-order valence-corrected chi connectivity index (χ2v) is 7.84. The van der Waals surface area contributed by atoms with Crippen molar-refractivity contribution < 1.29 is 13.2 Å². The van der Waals surface area contributed by atoms with Crippen LogP contribution < -0.4 is 10.5 Å². The Bertz CT molecular complexity index is 539. The monoisotopic (exact) mass is 311 g/mol. The minimum Gasteiger partial charge on any atom is -0.490 e. The summed E-state index contributed by atoms with van der Waals surface area (Å²) in [5.74, 6) is 1.32. The third-order valence-electron chi connectivity index (χ3n) is 4.09. The molecular formula is C16H25NO3S. The van der Waals surface area contributed by atoms with E-state index in [1.54, 1.807) is 24.3 Å². The van der Waals surface area contributed by atoms with E-state index in [1.807, 2.05) is 6.92 Å².